The van der Waals surface area contributed by atoms with E-state index in [0.29, 0.717) is 16.5 Å². The molecule has 0 N–H and O–H groups in total. The molecule has 0 aliphatic carbocycles. The fourth-order valence-corrected chi connectivity index (χ4v) is 3.30. The van der Waals surface area contributed by atoms with Crippen molar-refractivity contribution in [1.29, 1.82) is 0 Å². The predicted molar refractivity (Wildman–Crippen MR) is 69.1 cm³/mol. The Kier molecular flexibility index (Phi) is 2.34. The Hall–Kier alpha value is -1.20. The minimum absolute atomic E-state index is 0.416. The van der Waals surface area contributed by atoms with E-state index in [0.717, 1.165) is 14.3 Å². The largest absolute Gasteiger partial charge is 0.386 e. The second-order valence-corrected chi connectivity index (χ2v) is 5.33. The number of ether oxygens (including phenoxy) is 1. The summed E-state index contributed by atoms with van der Waals surface area (Å²) in [4.78, 5) is 23.3. The number of halogens is 2. The van der Waals surface area contributed by atoms with Crippen LogP contribution in [-0.2, 0) is 4.74 Å². The molecule has 3 rings (SSSR count). The lowest BCUT2D eigenvalue weighted by atomic mass is 9.97. The smallest absolute Gasteiger partial charge is 0.346 e. The number of esters is 2. The summed E-state index contributed by atoms with van der Waals surface area (Å²) in [6, 6.07) is 6.83. The Bertz CT molecular complexity index is 637. The van der Waals surface area contributed by atoms with Gasteiger partial charge in [-0.05, 0) is 24.3 Å². The first-order valence-electron chi connectivity index (χ1n) is 4.77. The number of benzene rings is 2. The molecule has 0 bridgehead atoms. The molecule has 5 heteroatoms. The molecular weight excluding hydrogens is 352 g/mol. The molecule has 0 fully saturated rings. The van der Waals surface area contributed by atoms with Crippen molar-refractivity contribution >= 4 is 54.6 Å². The van der Waals surface area contributed by atoms with Gasteiger partial charge >= 0.3 is 11.9 Å². The van der Waals surface area contributed by atoms with Crippen LogP contribution in [0.25, 0.3) is 10.8 Å². The van der Waals surface area contributed by atoms with Crippen molar-refractivity contribution in [3.63, 3.8) is 0 Å². The van der Waals surface area contributed by atoms with Gasteiger partial charge in [0.25, 0.3) is 0 Å². The zero-order chi connectivity index (χ0) is 12.2. The first-order chi connectivity index (χ1) is 8.09. The van der Waals surface area contributed by atoms with Gasteiger partial charge in [0.05, 0.1) is 11.1 Å². The number of cyclic esters (lactones) is 2. The van der Waals surface area contributed by atoms with E-state index in [-0.39, 0.29) is 0 Å². The molecule has 0 aromatic heterocycles. The third kappa shape index (κ3) is 1.46. The lowest BCUT2D eigenvalue weighted by molar-refractivity contribution is 0.0391. The lowest BCUT2D eigenvalue weighted by Crippen LogP contribution is -2.19. The van der Waals surface area contributed by atoms with Crippen LogP contribution >= 0.6 is 31.9 Å². The zero-order valence-corrected chi connectivity index (χ0v) is 11.5. The molecule has 1 heterocycles. The normalized spacial score (nSPS) is 14.0. The molecule has 0 amide bonds. The molecule has 2 aromatic rings. The van der Waals surface area contributed by atoms with Crippen LogP contribution in [0.3, 0.4) is 0 Å². The van der Waals surface area contributed by atoms with Gasteiger partial charge in [0.15, 0.2) is 0 Å². The molecule has 2 aromatic carbocycles. The Labute approximate surface area is 113 Å². The summed E-state index contributed by atoms with van der Waals surface area (Å²) >= 11 is 6.83. The SMILES string of the molecule is O=C1OC(=O)c2ccc(Br)c3c(Br)ccc1c23. The molecule has 0 atom stereocenters. The summed E-state index contributed by atoms with van der Waals surface area (Å²) in [6.07, 6.45) is 0. The molecular formula is C12H4Br2O3. The van der Waals surface area contributed by atoms with Crippen molar-refractivity contribution in [3.05, 3.63) is 44.3 Å². The van der Waals surface area contributed by atoms with E-state index in [1.165, 1.54) is 0 Å². The quantitative estimate of drug-likeness (QED) is 0.535. The Morgan fingerprint density at radius 1 is 0.765 bits per heavy atom. The van der Waals surface area contributed by atoms with Crippen LogP contribution in [0.1, 0.15) is 20.7 Å². The molecule has 0 radical (unpaired) electrons. The highest BCUT2D eigenvalue weighted by Gasteiger charge is 2.28. The van der Waals surface area contributed by atoms with E-state index in [1.54, 1.807) is 24.3 Å². The number of carbonyl (C=O) groups excluding carboxylic acids is 2. The van der Waals surface area contributed by atoms with Gasteiger partial charge in [-0.2, -0.15) is 0 Å². The monoisotopic (exact) mass is 354 g/mol. The molecule has 17 heavy (non-hydrogen) atoms. The lowest BCUT2D eigenvalue weighted by Gasteiger charge is -2.16. The number of hydrogen-bond donors (Lipinski definition) is 0. The van der Waals surface area contributed by atoms with Crippen LogP contribution in [0.15, 0.2) is 33.2 Å². The molecule has 0 unspecified atom stereocenters. The first kappa shape index (κ1) is 10.9. The van der Waals surface area contributed by atoms with Gasteiger partial charge in [0, 0.05) is 19.7 Å². The maximum Gasteiger partial charge on any atom is 0.346 e. The summed E-state index contributed by atoms with van der Waals surface area (Å²) in [7, 11) is 0. The second kappa shape index (κ2) is 3.65. The van der Waals surface area contributed by atoms with Gasteiger partial charge in [-0.25, -0.2) is 9.59 Å². The number of hydrogen-bond acceptors (Lipinski definition) is 3. The Balaban J connectivity index is 2.61. The van der Waals surface area contributed by atoms with Crippen LogP contribution in [0, 0.1) is 0 Å². The third-order valence-electron chi connectivity index (χ3n) is 2.68. The highest BCUT2D eigenvalue weighted by Crippen LogP contribution is 2.37. The van der Waals surface area contributed by atoms with Crippen molar-refractivity contribution in [2.75, 3.05) is 0 Å². The van der Waals surface area contributed by atoms with Crippen molar-refractivity contribution in [1.82, 2.24) is 0 Å². The number of carbonyl (C=O) groups is 2. The standard InChI is InChI=1S/C12H4Br2O3/c13-7-3-1-5-9-6(12(16)17-11(5)15)2-4-8(14)10(7)9/h1-4H. The van der Waals surface area contributed by atoms with Crippen molar-refractivity contribution in [2.45, 2.75) is 0 Å². The zero-order valence-electron chi connectivity index (χ0n) is 8.29. The van der Waals surface area contributed by atoms with Crippen molar-refractivity contribution < 1.29 is 14.3 Å². The molecule has 1 aliphatic heterocycles. The van der Waals surface area contributed by atoms with Gasteiger partial charge in [-0.3, -0.25) is 0 Å². The molecule has 1 aliphatic rings. The van der Waals surface area contributed by atoms with Gasteiger partial charge in [-0.15, -0.1) is 0 Å². The molecule has 0 spiro atoms. The van der Waals surface area contributed by atoms with Gasteiger partial charge in [0.1, 0.15) is 0 Å². The van der Waals surface area contributed by atoms with Crippen LogP contribution in [-0.4, -0.2) is 11.9 Å². The minimum atomic E-state index is -0.599. The average molecular weight is 356 g/mol. The van der Waals surface area contributed by atoms with E-state index in [2.05, 4.69) is 36.6 Å². The van der Waals surface area contributed by atoms with Crippen LogP contribution in [0.4, 0.5) is 0 Å². The van der Waals surface area contributed by atoms with Gasteiger partial charge < -0.3 is 4.74 Å². The van der Waals surface area contributed by atoms with E-state index >= 15 is 0 Å². The minimum Gasteiger partial charge on any atom is -0.386 e. The molecule has 0 saturated carbocycles. The van der Waals surface area contributed by atoms with Gasteiger partial charge in [0.2, 0.25) is 0 Å². The highest BCUT2D eigenvalue weighted by atomic mass is 79.9. The topological polar surface area (TPSA) is 43.4 Å². The summed E-state index contributed by atoms with van der Waals surface area (Å²) in [5.41, 5.74) is 0.832. The van der Waals surface area contributed by atoms with E-state index in [4.69, 9.17) is 0 Å². The number of rotatable bonds is 0. The first-order valence-corrected chi connectivity index (χ1v) is 6.35. The van der Waals surface area contributed by atoms with Crippen molar-refractivity contribution in [3.8, 4) is 0 Å². The van der Waals surface area contributed by atoms with Crippen LogP contribution in [0.2, 0.25) is 0 Å². The highest BCUT2D eigenvalue weighted by molar-refractivity contribution is 9.11. The van der Waals surface area contributed by atoms with Crippen LogP contribution < -0.4 is 0 Å². The summed E-state index contributed by atoms with van der Waals surface area (Å²) < 4.78 is 6.33. The summed E-state index contributed by atoms with van der Waals surface area (Å²) in [5.74, 6) is -1.20. The Morgan fingerprint density at radius 2 is 1.24 bits per heavy atom. The average Bonchev–Trinajstić information content (AvgIpc) is 2.28. The molecule has 0 saturated heterocycles. The predicted octanol–water partition coefficient (Wildman–Crippen LogP) is 3.68. The second-order valence-electron chi connectivity index (χ2n) is 3.62. The van der Waals surface area contributed by atoms with E-state index in [9.17, 15) is 9.59 Å². The van der Waals surface area contributed by atoms with Crippen LogP contribution in [0.5, 0.6) is 0 Å². The summed E-state index contributed by atoms with van der Waals surface area (Å²) in [5, 5.41) is 1.44. The molecule has 84 valence electrons. The third-order valence-corrected chi connectivity index (χ3v) is 4.01. The molecule has 3 nitrogen and oxygen atoms in total. The fourth-order valence-electron chi connectivity index (χ4n) is 1.95. The summed E-state index contributed by atoms with van der Waals surface area (Å²) in [6.45, 7) is 0. The fraction of sp³-hybridized carbons (Fsp3) is 0. The maximum atomic E-state index is 11.6. The van der Waals surface area contributed by atoms with Crippen molar-refractivity contribution in [2.24, 2.45) is 0 Å². The van der Waals surface area contributed by atoms with E-state index < -0.39 is 11.9 Å². The van der Waals surface area contributed by atoms with E-state index in [1.807, 2.05) is 0 Å². The maximum absolute atomic E-state index is 11.6. The van der Waals surface area contributed by atoms with Gasteiger partial charge in [-0.1, -0.05) is 31.9 Å². The Morgan fingerprint density at radius 3 is 1.71 bits per heavy atom.